The Bertz CT molecular complexity index is 729. The summed E-state index contributed by atoms with van der Waals surface area (Å²) in [5, 5.41) is 10.2. The van der Waals surface area contributed by atoms with E-state index >= 15 is 0 Å². The summed E-state index contributed by atoms with van der Waals surface area (Å²) in [4.78, 5) is 12.5. The van der Waals surface area contributed by atoms with Crippen LogP contribution in [0, 0.1) is 5.92 Å². The average Bonchev–Trinajstić information content (AvgIpc) is 3.29. The molecule has 2 fully saturated rings. The van der Waals surface area contributed by atoms with Gasteiger partial charge in [-0.25, -0.2) is 13.1 Å². The zero-order chi connectivity index (χ0) is 19.3. The van der Waals surface area contributed by atoms with Crippen LogP contribution in [0.2, 0.25) is 0 Å². The van der Waals surface area contributed by atoms with Crippen molar-refractivity contribution in [2.75, 3.05) is 38.5 Å². The second kappa shape index (κ2) is 9.13. The maximum atomic E-state index is 12.5. The van der Waals surface area contributed by atoms with Gasteiger partial charge in [0.15, 0.2) is 0 Å². The van der Waals surface area contributed by atoms with E-state index < -0.39 is 10.0 Å². The number of amides is 1. The molecule has 0 radical (unpaired) electrons. The fourth-order valence-corrected chi connectivity index (χ4v) is 4.59. The SMILES string of the molecule is Cn1cc([C@H]2CNC[C@@H]2C(=O)NCCS(=O)(=O)NCC2CCCCO2)cn1. The van der Waals surface area contributed by atoms with Crippen LogP contribution in [-0.2, 0) is 26.6 Å². The van der Waals surface area contributed by atoms with Crippen LogP contribution < -0.4 is 15.4 Å². The molecule has 2 aliphatic rings. The first-order valence-corrected chi connectivity index (χ1v) is 11.2. The van der Waals surface area contributed by atoms with E-state index in [1.807, 2.05) is 13.2 Å². The number of sulfonamides is 1. The van der Waals surface area contributed by atoms with E-state index in [0.717, 1.165) is 24.8 Å². The van der Waals surface area contributed by atoms with Gasteiger partial charge >= 0.3 is 0 Å². The number of hydrogen-bond donors (Lipinski definition) is 3. The molecule has 152 valence electrons. The number of nitrogens with one attached hydrogen (secondary N) is 3. The molecule has 27 heavy (non-hydrogen) atoms. The number of carbonyl (C=O) groups excluding carboxylic acids is 1. The molecule has 3 atom stereocenters. The summed E-state index contributed by atoms with van der Waals surface area (Å²) < 4.78 is 34.1. The van der Waals surface area contributed by atoms with Gasteiger partial charge in [0.2, 0.25) is 15.9 Å². The minimum Gasteiger partial charge on any atom is -0.377 e. The molecule has 1 amide bonds. The smallest absolute Gasteiger partial charge is 0.225 e. The Labute approximate surface area is 160 Å². The summed E-state index contributed by atoms with van der Waals surface area (Å²) in [5.41, 5.74) is 1.02. The first-order valence-electron chi connectivity index (χ1n) is 9.50. The molecule has 2 aliphatic heterocycles. The highest BCUT2D eigenvalue weighted by molar-refractivity contribution is 7.89. The van der Waals surface area contributed by atoms with Crippen LogP contribution in [0.4, 0.5) is 0 Å². The van der Waals surface area contributed by atoms with Gasteiger partial charge in [-0.2, -0.15) is 5.10 Å². The fourth-order valence-electron chi connectivity index (χ4n) is 3.64. The highest BCUT2D eigenvalue weighted by atomic mass is 32.2. The Morgan fingerprint density at radius 2 is 2.26 bits per heavy atom. The number of carbonyl (C=O) groups is 1. The molecule has 9 nitrogen and oxygen atoms in total. The molecule has 0 saturated carbocycles. The minimum absolute atomic E-state index is 0.0482. The standard InChI is InChI=1S/C17H29N5O4S/c1-22-12-13(8-20-22)15-10-18-11-16(15)17(23)19-5-7-27(24,25)21-9-14-4-2-3-6-26-14/h8,12,14-16,18,21H,2-7,9-11H2,1H3,(H,19,23)/t14?,15-,16+/m1/s1. The molecule has 3 rings (SSSR count). The predicted octanol–water partition coefficient (Wildman–Crippen LogP) is -0.672. The van der Waals surface area contributed by atoms with E-state index in [2.05, 4.69) is 20.5 Å². The number of aryl methyl sites for hydroxylation is 1. The lowest BCUT2D eigenvalue weighted by Gasteiger charge is -2.22. The van der Waals surface area contributed by atoms with Crippen LogP contribution >= 0.6 is 0 Å². The Hall–Kier alpha value is -1.49. The van der Waals surface area contributed by atoms with Crippen molar-refractivity contribution in [3.8, 4) is 0 Å². The lowest BCUT2D eigenvalue weighted by atomic mass is 9.90. The molecular formula is C17H29N5O4S. The number of aromatic nitrogens is 2. The van der Waals surface area contributed by atoms with Crippen molar-refractivity contribution in [2.45, 2.75) is 31.3 Å². The van der Waals surface area contributed by atoms with Gasteiger partial charge in [-0.1, -0.05) is 0 Å². The highest BCUT2D eigenvalue weighted by Gasteiger charge is 2.34. The number of hydrogen-bond acceptors (Lipinski definition) is 6. The van der Waals surface area contributed by atoms with Crippen molar-refractivity contribution >= 4 is 15.9 Å². The third-order valence-corrected chi connectivity index (χ3v) is 6.53. The molecule has 1 unspecified atom stereocenters. The zero-order valence-electron chi connectivity index (χ0n) is 15.7. The Balaban J connectivity index is 1.42. The molecular weight excluding hydrogens is 370 g/mol. The van der Waals surface area contributed by atoms with Crippen molar-refractivity contribution in [3.05, 3.63) is 18.0 Å². The number of rotatable bonds is 8. The Morgan fingerprint density at radius 1 is 1.41 bits per heavy atom. The zero-order valence-corrected chi connectivity index (χ0v) is 16.5. The molecule has 0 aromatic carbocycles. The van der Waals surface area contributed by atoms with Gasteiger partial charge in [-0.3, -0.25) is 9.48 Å². The molecule has 1 aromatic heterocycles. The van der Waals surface area contributed by atoms with E-state index in [4.69, 9.17) is 4.74 Å². The van der Waals surface area contributed by atoms with Crippen LogP contribution in [0.5, 0.6) is 0 Å². The summed E-state index contributed by atoms with van der Waals surface area (Å²) >= 11 is 0. The Morgan fingerprint density at radius 3 is 2.96 bits per heavy atom. The van der Waals surface area contributed by atoms with Crippen LogP contribution in [0.15, 0.2) is 12.4 Å². The molecule has 0 spiro atoms. The molecule has 3 heterocycles. The second-order valence-electron chi connectivity index (χ2n) is 7.27. The Kier molecular flexibility index (Phi) is 6.85. The number of ether oxygens (including phenoxy) is 1. The van der Waals surface area contributed by atoms with Crippen molar-refractivity contribution in [2.24, 2.45) is 13.0 Å². The first kappa shape index (κ1) is 20.2. The van der Waals surface area contributed by atoms with E-state index in [1.165, 1.54) is 0 Å². The third-order valence-electron chi connectivity index (χ3n) is 5.18. The topological polar surface area (TPSA) is 114 Å². The lowest BCUT2D eigenvalue weighted by molar-refractivity contribution is -0.124. The summed E-state index contributed by atoms with van der Waals surface area (Å²) in [6.45, 7) is 2.37. The van der Waals surface area contributed by atoms with Crippen molar-refractivity contribution < 1.29 is 17.9 Å². The molecule has 10 heteroatoms. The van der Waals surface area contributed by atoms with E-state index in [9.17, 15) is 13.2 Å². The van der Waals surface area contributed by atoms with Gasteiger partial charge in [-0.15, -0.1) is 0 Å². The summed E-state index contributed by atoms with van der Waals surface area (Å²) in [5.74, 6) is -0.430. The molecule has 0 aliphatic carbocycles. The quantitative estimate of drug-likeness (QED) is 0.534. The third kappa shape index (κ3) is 5.74. The van der Waals surface area contributed by atoms with Gasteiger partial charge in [0.1, 0.15) is 0 Å². The monoisotopic (exact) mass is 399 g/mol. The largest absolute Gasteiger partial charge is 0.377 e. The molecule has 1 aromatic rings. The molecule has 3 N–H and O–H groups in total. The van der Waals surface area contributed by atoms with Crippen molar-refractivity contribution in [1.82, 2.24) is 25.1 Å². The van der Waals surface area contributed by atoms with Gasteiger partial charge in [0, 0.05) is 51.9 Å². The van der Waals surface area contributed by atoms with Gasteiger partial charge in [0.25, 0.3) is 0 Å². The van der Waals surface area contributed by atoms with Crippen molar-refractivity contribution in [1.29, 1.82) is 0 Å². The summed E-state index contributed by atoms with van der Waals surface area (Å²) in [6, 6.07) is 0. The average molecular weight is 400 g/mol. The normalized spacial score (nSPS) is 26.2. The van der Waals surface area contributed by atoms with Crippen molar-refractivity contribution in [3.63, 3.8) is 0 Å². The summed E-state index contributed by atoms with van der Waals surface area (Å²) in [7, 11) is -1.59. The van der Waals surface area contributed by atoms with E-state index in [-0.39, 0.29) is 36.1 Å². The second-order valence-corrected chi connectivity index (χ2v) is 9.19. The van der Waals surface area contributed by atoms with Gasteiger partial charge < -0.3 is 15.4 Å². The predicted molar refractivity (Wildman–Crippen MR) is 101 cm³/mol. The maximum absolute atomic E-state index is 12.5. The number of nitrogens with zero attached hydrogens (tertiary/aromatic N) is 2. The first-order chi connectivity index (χ1) is 12.9. The van der Waals surface area contributed by atoms with Crippen LogP contribution in [-0.4, -0.2) is 68.7 Å². The van der Waals surface area contributed by atoms with Crippen LogP contribution in [0.3, 0.4) is 0 Å². The van der Waals surface area contributed by atoms with Crippen LogP contribution in [0.25, 0.3) is 0 Å². The van der Waals surface area contributed by atoms with E-state index in [1.54, 1.807) is 10.9 Å². The maximum Gasteiger partial charge on any atom is 0.225 e. The van der Waals surface area contributed by atoms with Crippen LogP contribution in [0.1, 0.15) is 30.7 Å². The fraction of sp³-hybridized carbons (Fsp3) is 0.765. The lowest BCUT2D eigenvalue weighted by Crippen LogP contribution is -2.41. The van der Waals surface area contributed by atoms with Gasteiger partial charge in [-0.05, 0) is 24.8 Å². The molecule has 2 saturated heterocycles. The van der Waals surface area contributed by atoms with E-state index in [0.29, 0.717) is 26.2 Å². The van der Waals surface area contributed by atoms with Gasteiger partial charge in [0.05, 0.1) is 24.0 Å². The highest BCUT2D eigenvalue weighted by Crippen LogP contribution is 2.27. The molecule has 0 bridgehead atoms. The minimum atomic E-state index is -3.44. The summed E-state index contributed by atoms with van der Waals surface area (Å²) in [6.07, 6.45) is 6.62.